The molecule has 0 atom stereocenters. The molecule has 0 bridgehead atoms. The lowest BCUT2D eigenvalue weighted by Gasteiger charge is -2.25. The number of para-hydroxylation sites is 6. The second kappa shape index (κ2) is 23.8. The molecule has 0 N–H and O–H groups in total. The Kier molecular flexibility index (Phi) is 14.5. The SMILES string of the molecule is O=P(c1ccccc1)(c1ccccc1)c1ccc(-c2ccc(N(c3ccccc3)c3ccccc3)cc2)c2nc3c(nc12)c1sc(-c2ccc(N(c4ccccc4)c4ccccc4)cc2)cc1c1cc(-c2ccc(N(c4ccccc4)c4ccccc4)cc2)sc13. The number of hydrogen-bond donors (Lipinski definition) is 0. The number of hydrogen-bond acceptors (Lipinski definition) is 8. The summed E-state index contributed by atoms with van der Waals surface area (Å²) in [6, 6.07) is 118. The van der Waals surface area contributed by atoms with Gasteiger partial charge in [0, 0.05) is 93.2 Å². The fourth-order valence-electron chi connectivity index (χ4n) is 12.6. The fraction of sp³-hybridized carbons (Fsp3) is 0. The van der Waals surface area contributed by atoms with Crippen molar-refractivity contribution in [1.82, 2.24) is 9.97 Å². The van der Waals surface area contributed by atoms with Gasteiger partial charge in [0.1, 0.15) is 16.6 Å². The van der Waals surface area contributed by atoms with Crippen molar-refractivity contribution in [3.63, 3.8) is 0 Å². The van der Waals surface area contributed by atoms with Crippen molar-refractivity contribution >= 4 is 139 Å². The molecule has 0 aliphatic rings. The molecule has 0 amide bonds. The Bertz CT molecular complexity index is 5120. The van der Waals surface area contributed by atoms with Crippen molar-refractivity contribution in [1.29, 1.82) is 0 Å². The molecule has 9 heteroatoms. The molecule has 3 aromatic heterocycles. The summed E-state index contributed by atoms with van der Waals surface area (Å²) in [4.78, 5) is 21.0. The van der Waals surface area contributed by atoms with Gasteiger partial charge in [-0.15, -0.1) is 22.7 Å². The predicted octanol–water partition coefficient (Wildman–Crippen LogP) is 22.3. The van der Waals surface area contributed by atoms with Crippen LogP contribution < -0.4 is 30.6 Å². The smallest absolute Gasteiger partial charge is 0.173 e. The molecular formula is C82H56N5OPS2. The van der Waals surface area contributed by atoms with Crippen molar-refractivity contribution in [2.45, 2.75) is 0 Å². The molecule has 3 heterocycles. The van der Waals surface area contributed by atoms with E-state index in [9.17, 15) is 0 Å². The molecule has 0 saturated heterocycles. The highest BCUT2D eigenvalue weighted by molar-refractivity contribution is 7.85. The number of anilines is 9. The standard InChI is InChI=1S/C82H56N5OPS2/c88-89(69-37-21-7-22-38-69,70-39-23-8-24-40-70)74-54-53-71(57-41-47-66(48-42-57)85(60-25-9-1-10-26-60)61-27-11-2-12-28-61)77-78(74)84-80-79(83-77)81-72(55-75(90-81)58-43-49-67(50-44-58)86(62-29-13-3-14-30-62)63-31-15-4-16-32-63)73-56-76(91-82(73)80)59-45-51-68(52-46-59)87(64-33-17-5-18-34-64)65-35-19-6-20-36-65/h1-56H. The van der Waals surface area contributed by atoms with Crippen LogP contribution in [0.5, 0.6) is 0 Å². The van der Waals surface area contributed by atoms with Crippen molar-refractivity contribution < 1.29 is 4.57 Å². The van der Waals surface area contributed by atoms with E-state index in [4.69, 9.17) is 9.97 Å². The molecule has 16 rings (SSSR count). The lowest BCUT2D eigenvalue weighted by Crippen LogP contribution is -2.26. The van der Waals surface area contributed by atoms with Gasteiger partial charge in [-0.25, -0.2) is 9.97 Å². The summed E-state index contributed by atoms with van der Waals surface area (Å²) in [6.07, 6.45) is 0. The summed E-state index contributed by atoms with van der Waals surface area (Å²) in [6.45, 7) is 0. The topological polar surface area (TPSA) is 52.6 Å². The number of nitrogens with zero attached hydrogens (tertiary/aromatic N) is 5. The van der Waals surface area contributed by atoms with Gasteiger partial charge >= 0.3 is 0 Å². The van der Waals surface area contributed by atoms with E-state index in [1.807, 2.05) is 72.8 Å². The summed E-state index contributed by atoms with van der Waals surface area (Å²) in [5, 5.41) is 4.31. The van der Waals surface area contributed by atoms with Crippen LogP contribution in [0.2, 0.25) is 0 Å². The summed E-state index contributed by atoms with van der Waals surface area (Å²) in [5.74, 6) is 0. The maximum Gasteiger partial charge on any atom is 0.173 e. The summed E-state index contributed by atoms with van der Waals surface area (Å²) in [7, 11) is -3.61. The van der Waals surface area contributed by atoms with Crippen LogP contribution in [0.25, 0.3) is 74.2 Å². The van der Waals surface area contributed by atoms with Gasteiger partial charge in [-0.05, 0) is 144 Å². The minimum absolute atomic E-state index is 0.607. The maximum atomic E-state index is 16.8. The molecule has 6 nitrogen and oxygen atoms in total. The van der Waals surface area contributed by atoms with Gasteiger partial charge in [0.25, 0.3) is 0 Å². The zero-order valence-electron chi connectivity index (χ0n) is 49.2. The van der Waals surface area contributed by atoms with Gasteiger partial charge in [-0.3, -0.25) is 0 Å². The first-order valence-electron chi connectivity index (χ1n) is 30.4. The third kappa shape index (κ3) is 10.2. The average Bonchev–Trinajstić information content (AvgIpc) is 1.71. The van der Waals surface area contributed by atoms with Crippen LogP contribution in [-0.2, 0) is 4.57 Å². The third-order valence-electron chi connectivity index (χ3n) is 16.9. The first-order valence-corrected chi connectivity index (χ1v) is 33.7. The monoisotopic (exact) mass is 1220 g/mol. The Morgan fingerprint density at radius 2 is 0.538 bits per heavy atom. The van der Waals surface area contributed by atoms with Gasteiger partial charge in [-0.2, -0.15) is 0 Å². The average molecular weight is 1220 g/mol. The first kappa shape index (κ1) is 55.3. The van der Waals surface area contributed by atoms with Crippen LogP contribution in [0.1, 0.15) is 0 Å². The van der Waals surface area contributed by atoms with Crippen LogP contribution in [0, 0.1) is 0 Å². The van der Waals surface area contributed by atoms with E-state index in [1.165, 1.54) is 0 Å². The lowest BCUT2D eigenvalue weighted by atomic mass is 10.0. The Hall–Kier alpha value is -11.0. The molecule has 0 aliphatic heterocycles. The van der Waals surface area contributed by atoms with Crippen molar-refractivity contribution in [3.05, 3.63) is 340 Å². The van der Waals surface area contributed by atoms with E-state index >= 15 is 4.57 Å². The van der Waals surface area contributed by atoms with E-state index in [2.05, 4.69) is 282 Å². The molecule has 0 radical (unpaired) electrons. The molecule has 91 heavy (non-hydrogen) atoms. The van der Waals surface area contributed by atoms with Gasteiger partial charge in [-0.1, -0.05) is 212 Å². The molecular weight excluding hydrogens is 1170 g/mol. The maximum absolute atomic E-state index is 16.8. The zero-order valence-corrected chi connectivity index (χ0v) is 51.8. The Morgan fingerprint density at radius 3 is 0.857 bits per heavy atom. The minimum atomic E-state index is -3.61. The predicted molar refractivity (Wildman–Crippen MR) is 388 cm³/mol. The highest BCUT2D eigenvalue weighted by Gasteiger charge is 2.34. The Labute approximate surface area is 536 Å². The zero-order chi connectivity index (χ0) is 60.7. The van der Waals surface area contributed by atoms with Crippen LogP contribution in [-0.4, -0.2) is 9.97 Å². The number of fused-ring (bicyclic) bond motifs is 7. The normalized spacial score (nSPS) is 11.6. The van der Waals surface area contributed by atoms with E-state index in [1.54, 1.807) is 22.7 Å². The molecule has 0 unspecified atom stereocenters. The highest BCUT2D eigenvalue weighted by atomic mass is 32.1. The van der Waals surface area contributed by atoms with Crippen LogP contribution in [0.4, 0.5) is 51.2 Å². The van der Waals surface area contributed by atoms with E-state index in [0.717, 1.165) is 125 Å². The molecule has 0 saturated carbocycles. The molecule has 432 valence electrons. The summed E-state index contributed by atoms with van der Waals surface area (Å²) >= 11 is 3.48. The summed E-state index contributed by atoms with van der Waals surface area (Å²) < 4.78 is 18.9. The highest BCUT2D eigenvalue weighted by Crippen LogP contribution is 2.51. The molecule has 16 aromatic rings. The molecule has 0 spiro atoms. The Balaban J connectivity index is 0.920. The molecule has 0 aliphatic carbocycles. The van der Waals surface area contributed by atoms with Crippen molar-refractivity contribution in [2.75, 3.05) is 14.7 Å². The molecule has 13 aromatic carbocycles. The van der Waals surface area contributed by atoms with Crippen molar-refractivity contribution in [3.8, 4) is 32.0 Å². The number of thiophene rings is 2. The van der Waals surface area contributed by atoms with E-state index in [0.29, 0.717) is 16.3 Å². The van der Waals surface area contributed by atoms with E-state index < -0.39 is 7.14 Å². The summed E-state index contributed by atoms with van der Waals surface area (Å²) in [5.41, 5.74) is 16.5. The van der Waals surface area contributed by atoms with Gasteiger partial charge < -0.3 is 19.3 Å². The first-order chi connectivity index (χ1) is 45.0. The fourth-order valence-corrected chi connectivity index (χ4v) is 17.7. The van der Waals surface area contributed by atoms with Crippen LogP contribution in [0.15, 0.2) is 340 Å². The quantitative estimate of drug-likeness (QED) is 0.0753. The Morgan fingerprint density at radius 1 is 0.264 bits per heavy atom. The van der Waals surface area contributed by atoms with Crippen LogP contribution in [0.3, 0.4) is 0 Å². The van der Waals surface area contributed by atoms with E-state index in [-0.39, 0.29) is 0 Å². The van der Waals surface area contributed by atoms with Gasteiger partial charge in [0.05, 0.1) is 14.9 Å². The minimum Gasteiger partial charge on any atom is -0.311 e. The number of benzene rings is 13. The molecule has 0 fully saturated rings. The number of aromatic nitrogens is 2. The lowest BCUT2D eigenvalue weighted by molar-refractivity contribution is 0.592. The van der Waals surface area contributed by atoms with Crippen molar-refractivity contribution in [2.24, 2.45) is 0 Å². The van der Waals surface area contributed by atoms with Crippen LogP contribution >= 0.6 is 29.8 Å². The van der Waals surface area contributed by atoms with Gasteiger partial charge in [0.15, 0.2) is 7.14 Å². The second-order valence-corrected chi connectivity index (χ2v) is 27.2. The number of rotatable bonds is 15. The largest absolute Gasteiger partial charge is 0.311 e. The second-order valence-electron chi connectivity index (χ2n) is 22.4. The third-order valence-corrected chi connectivity index (χ3v) is 22.4. The van der Waals surface area contributed by atoms with Gasteiger partial charge in [0.2, 0.25) is 0 Å².